The average molecular weight is 453 g/mol. The minimum atomic E-state index is -0.216. The van der Waals surface area contributed by atoms with Crippen LogP contribution in [0.2, 0.25) is 5.02 Å². The summed E-state index contributed by atoms with van der Waals surface area (Å²) in [6.45, 7) is 3.30. The Morgan fingerprint density at radius 2 is 2.00 bits per heavy atom. The molecule has 1 amide bonds. The van der Waals surface area contributed by atoms with Crippen molar-refractivity contribution in [3.63, 3.8) is 0 Å². The molecule has 0 aliphatic carbocycles. The Labute approximate surface area is 170 Å². The fraction of sp³-hybridized carbons (Fsp3) is 0.278. The van der Waals surface area contributed by atoms with Gasteiger partial charge < -0.3 is 10.1 Å². The number of amides is 1. The number of hydrogen-bond acceptors (Lipinski definition) is 4. The molecule has 2 aromatic heterocycles. The van der Waals surface area contributed by atoms with Crippen molar-refractivity contribution in [2.45, 2.75) is 26.6 Å². The maximum Gasteiger partial charge on any atom is 0.271 e. The summed E-state index contributed by atoms with van der Waals surface area (Å²) in [7, 11) is 0. The van der Waals surface area contributed by atoms with E-state index in [1.165, 1.54) is 0 Å². The van der Waals surface area contributed by atoms with E-state index in [1.807, 2.05) is 31.2 Å². The number of nitrogens with zero attached hydrogens (tertiary/aromatic N) is 4. The molecule has 0 fully saturated rings. The largest absolute Gasteiger partial charge is 0.471 e. The van der Waals surface area contributed by atoms with Gasteiger partial charge in [-0.05, 0) is 43.7 Å². The van der Waals surface area contributed by atoms with Crippen LogP contribution < -0.4 is 10.1 Å². The summed E-state index contributed by atoms with van der Waals surface area (Å²) in [5.41, 5.74) is 1.16. The van der Waals surface area contributed by atoms with Gasteiger partial charge in [0.05, 0.1) is 10.7 Å². The van der Waals surface area contributed by atoms with Gasteiger partial charge in [-0.3, -0.25) is 9.48 Å². The van der Waals surface area contributed by atoms with E-state index in [0.29, 0.717) is 23.8 Å². The molecule has 1 aromatic carbocycles. The third-order valence-corrected chi connectivity index (χ3v) is 4.69. The highest BCUT2D eigenvalue weighted by atomic mass is 79.9. The van der Waals surface area contributed by atoms with Crippen molar-refractivity contribution in [3.8, 4) is 5.75 Å². The maximum absolute atomic E-state index is 12.2. The Kier molecular flexibility index (Phi) is 6.52. The normalized spacial score (nSPS) is 10.8. The van der Waals surface area contributed by atoms with Gasteiger partial charge in [-0.2, -0.15) is 10.2 Å². The number of halogens is 2. The highest BCUT2D eigenvalue weighted by molar-refractivity contribution is 9.10. The molecule has 0 atom stereocenters. The molecule has 0 radical (unpaired) electrons. The third kappa shape index (κ3) is 5.58. The molecular formula is C18H19BrClN5O2. The lowest BCUT2D eigenvalue weighted by Gasteiger charge is -2.06. The smallest absolute Gasteiger partial charge is 0.271 e. The number of rotatable bonds is 8. The summed E-state index contributed by atoms with van der Waals surface area (Å²) in [5, 5.41) is 12.0. The van der Waals surface area contributed by atoms with Gasteiger partial charge >= 0.3 is 0 Å². The molecule has 9 heteroatoms. The zero-order chi connectivity index (χ0) is 19.2. The maximum atomic E-state index is 12.2. The first-order valence-corrected chi connectivity index (χ1v) is 9.58. The second-order valence-electron chi connectivity index (χ2n) is 5.90. The lowest BCUT2D eigenvalue weighted by Crippen LogP contribution is -2.26. The van der Waals surface area contributed by atoms with E-state index in [9.17, 15) is 4.79 Å². The zero-order valence-electron chi connectivity index (χ0n) is 14.7. The fourth-order valence-corrected chi connectivity index (χ4v) is 2.78. The predicted octanol–water partition coefficient (Wildman–Crippen LogP) is 3.66. The Balaban J connectivity index is 1.41. The second kappa shape index (κ2) is 9.05. The number of carbonyl (C=O) groups is 1. The number of aromatic nitrogens is 4. The first kappa shape index (κ1) is 19.4. The molecule has 0 saturated heterocycles. The van der Waals surface area contributed by atoms with Crippen molar-refractivity contribution in [1.29, 1.82) is 0 Å². The van der Waals surface area contributed by atoms with Crippen molar-refractivity contribution in [3.05, 3.63) is 63.6 Å². The standard InChI is InChI=1S/C18H19BrClN5O2/c1-13-16(20)11-24(22-13)9-2-8-21-18(26)17-7-10-25(23-17)12-27-15-5-3-14(19)4-6-15/h3-7,10-11H,2,8-9,12H2,1H3,(H,21,26). The predicted molar refractivity (Wildman–Crippen MR) is 106 cm³/mol. The van der Waals surface area contributed by atoms with Gasteiger partial charge in [-0.1, -0.05) is 27.5 Å². The van der Waals surface area contributed by atoms with E-state index in [4.69, 9.17) is 16.3 Å². The molecule has 0 unspecified atom stereocenters. The molecule has 142 valence electrons. The molecule has 27 heavy (non-hydrogen) atoms. The summed E-state index contributed by atoms with van der Waals surface area (Å²) in [4.78, 5) is 12.2. The quantitative estimate of drug-likeness (QED) is 0.529. The van der Waals surface area contributed by atoms with Crippen LogP contribution in [0.5, 0.6) is 5.75 Å². The Hall–Kier alpha value is -2.32. The van der Waals surface area contributed by atoms with Gasteiger partial charge in [0.1, 0.15) is 11.4 Å². The van der Waals surface area contributed by atoms with E-state index in [1.54, 1.807) is 27.8 Å². The molecular weight excluding hydrogens is 434 g/mol. The van der Waals surface area contributed by atoms with Crippen LogP contribution in [0, 0.1) is 6.92 Å². The van der Waals surface area contributed by atoms with Gasteiger partial charge in [0.15, 0.2) is 6.73 Å². The number of hydrogen-bond donors (Lipinski definition) is 1. The lowest BCUT2D eigenvalue weighted by molar-refractivity contribution is 0.0945. The molecule has 0 aliphatic rings. The fourth-order valence-electron chi connectivity index (χ4n) is 2.37. The number of ether oxygens (including phenoxy) is 1. The van der Waals surface area contributed by atoms with Crippen LogP contribution in [0.15, 0.2) is 47.2 Å². The summed E-state index contributed by atoms with van der Waals surface area (Å²) < 4.78 is 9.96. The van der Waals surface area contributed by atoms with E-state index in [2.05, 4.69) is 31.4 Å². The first-order valence-electron chi connectivity index (χ1n) is 8.41. The van der Waals surface area contributed by atoms with E-state index < -0.39 is 0 Å². The van der Waals surface area contributed by atoms with Gasteiger partial charge in [-0.25, -0.2) is 4.68 Å². The van der Waals surface area contributed by atoms with Crippen molar-refractivity contribution < 1.29 is 9.53 Å². The molecule has 0 spiro atoms. The van der Waals surface area contributed by atoms with E-state index in [0.717, 1.165) is 22.3 Å². The van der Waals surface area contributed by atoms with Crippen LogP contribution in [0.1, 0.15) is 22.6 Å². The van der Waals surface area contributed by atoms with Crippen LogP contribution >= 0.6 is 27.5 Å². The Bertz CT molecular complexity index is 887. The number of benzene rings is 1. The first-order chi connectivity index (χ1) is 13.0. The topological polar surface area (TPSA) is 74.0 Å². The molecule has 1 N–H and O–H groups in total. The molecule has 7 nitrogen and oxygen atoms in total. The molecule has 3 rings (SSSR count). The molecule has 0 saturated carbocycles. The highest BCUT2D eigenvalue weighted by Crippen LogP contribution is 2.16. The number of aryl methyl sites for hydroxylation is 2. The summed E-state index contributed by atoms with van der Waals surface area (Å²) in [6.07, 6.45) is 4.24. The van der Waals surface area contributed by atoms with E-state index in [-0.39, 0.29) is 12.6 Å². The minimum Gasteiger partial charge on any atom is -0.471 e. The Morgan fingerprint density at radius 1 is 1.22 bits per heavy atom. The van der Waals surface area contributed by atoms with Crippen molar-refractivity contribution in [2.75, 3.05) is 6.54 Å². The molecule has 2 heterocycles. The van der Waals surface area contributed by atoms with Gasteiger partial charge in [0.25, 0.3) is 5.91 Å². The van der Waals surface area contributed by atoms with Gasteiger partial charge in [0.2, 0.25) is 0 Å². The van der Waals surface area contributed by atoms with Crippen LogP contribution in [0.25, 0.3) is 0 Å². The van der Waals surface area contributed by atoms with Crippen molar-refractivity contribution in [1.82, 2.24) is 24.9 Å². The van der Waals surface area contributed by atoms with E-state index >= 15 is 0 Å². The third-order valence-electron chi connectivity index (χ3n) is 3.79. The average Bonchev–Trinajstić information content (AvgIpc) is 3.25. The van der Waals surface area contributed by atoms with Crippen LogP contribution in [0.3, 0.4) is 0 Å². The number of carbonyl (C=O) groups excluding carboxylic acids is 1. The lowest BCUT2D eigenvalue weighted by atomic mass is 10.3. The zero-order valence-corrected chi connectivity index (χ0v) is 17.1. The summed E-state index contributed by atoms with van der Waals surface area (Å²) in [5.74, 6) is 0.515. The molecule has 0 bridgehead atoms. The van der Waals surface area contributed by atoms with Crippen LogP contribution in [0.4, 0.5) is 0 Å². The van der Waals surface area contributed by atoms with Crippen LogP contribution in [-0.4, -0.2) is 32.0 Å². The second-order valence-corrected chi connectivity index (χ2v) is 7.23. The molecule has 3 aromatic rings. The molecule has 0 aliphatic heterocycles. The van der Waals surface area contributed by atoms with Gasteiger partial charge in [0, 0.05) is 30.0 Å². The minimum absolute atomic E-state index is 0.216. The number of nitrogens with one attached hydrogen (secondary N) is 1. The summed E-state index contributed by atoms with van der Waals surface area (Å²) in [6, 6.07) is 9.17. The van der Waals surface area contributed by atoms with Crippen molar-refractivity contribution >= 4 is 33.4 Å². The highest BCUT2D eigenvalue weighted by Gasteiger charge is 2.09. The van der Waals surface area contributed by atoms with Gasteiger partial charge in [-0.15, -0.1) is 0 Å². The monoisotopic (exact) mass is 451 g/mol. The van der Waals surface area contributed by atoms with Crippen molar-refractivity contribution in [2.24, 2.45) is 0 Å². The van der Waals surface area contributed by atoms with Crippen LogP contribution in [-0.2, 0) is 13.3 Å². The SMILES string of the molecule is Cc1nn(CCCNC(=O)c2ccn(COc3ccc(Br)cc3)n2)cc1Cl. The summed E-state index contributed by atoms with van der Waals surface area (Å²) >= 11 is 9.35. The Morgan fingerprint density at radius 3 is 2.70 bits per heavy atom.